The highest BCUT2D eigenvalue weighted by Gasteiger charge is 2.34. The molecule has 0 radical (unpaired) electrons. The van der Waals surface area contributed by atoms with Crippen molar-refractivity contribution in [1.82, 2.24) is 14.8 Å². The Morgan fingerprint density at radius 1 is 0.891 bits per heavy atom. The summed E-state index contributed by atoms with van der Waals surface area (Å²) >= 11 is 0. The van der Waals surface area contributed by atoms with Crippen molar-refractivity contribution >= 4 is 34.5 Å². The van der Waals surface area contributed by atoms with Gasteiger partial charge in [0, 0.05) is 43.0 Å². The summed E-state index contributed by atoms with van der Waals surface area (Å²) in [6.07, 6.45) is 5.32. The molecule has 46 heavy (non-hydrogen) atoms. The molecule has 0 spiro atoms. The normalized spacial score (nSPS) is 16.2. The van der Waals surface area contributed by atoms with Crippen LogP contribution in [0.1, 0.15) is 57.1 Å². The molecule has 0 saturated carbocycles. The summed E-state index contributed by atoms with van der Waals surface area (Å²) in [7, 11) is 1.60. The molecule has 0 N–H and O–H groups in total. The number of amides is 4. The Hall–Kier alpha value is -4.92. The first-order chi connectivity index (χ1) is 22.1. The summed E-state index contributed by atoms with van der Waals surface area (Å²) in [6, 6.07) is 21.9. The highest BCUT2D eigenvalue weighted by Crippen LogP contribution is 2.34. The van der Waals surface area contributed by atoms with E-state index >= 15 is 0 Å². The van der Waals surface area contributed by atoms with Crippen LogP contribution in [0, 0.1) is 0 Å². The first-order valence-electron chi connectivity index (χ1n) is 15.8. The van der Waals surface area contributed by atoms with Crippen LogP contribution in [-0.2, 0) is 16.1 Å². The number of hydrogen-bond donors (Lipinski definition) is 0. The van der Waals surface area contributed by atoms with Gasteiger partial charge in [-0.25, -0.2) is 9.59 Å². The first kappa shape index (κ1) is 31.1. The second-order valence-electron chi connectivity index (χ2n) is 13.0. The van der Waals surface area contributed by atoms with Gasteiger partial charge in [0.1, 0.15) is 11.4 Å². The summed E-state index contributed by atoms with van der Waals surface area (Å²) in [5.74, 6) is 0.926. The smallest absolute Gasteiger partial charge is 0.410 e. The van der Waals surface area contributed by atoms with Crippen molar-refractivity contribution in [2.75, 3.05) is 31.6 Å². The number of aromatic nitrogens is 1. The highest BCUT2D eigenvalue weighted by atomic mass is 16.6. The number of piperidine rings is 1. The van der Waals surface area contributed by atoms with Gasteiger partial charge in [-0.15, -0.1) is 0 Å². The van der Waals surface area contributed by atoms with Crippen LogP contribution in [0.4, 0.5) is 15.3 Å². The Morgan fingerprint density at radius 2 is 1.59 bits per heavy atom. The van der Waals surface area contributed by atoms with E-state index in [1.807, 2.05) is 57.3 Å². The fraction of sp³-hybridized carbons (Fsp3) is 0.351. The quantitative estimate of drug-likeness (QED) is 0.223. The number of benzene rings is 3. The molecular weight excluding hydrogens is 580 g/mol. The van der Waals surface area contributed by atoms with Gasteiger partial charge in [0.25, 0.3) is 0 Å². The molecule has 2 aliphatic rings. The van der Waals surface area contributed by atoms with Gasteiger partial charge in [-0.2, -0.15) is 0 Å². The van der Waals surface area contributed by atoms with Crippen LogP contribution in [0.15, 0.2) is 79.1 Å². The van der Waals surface area contributed by atoms with Crippen LogP contribution in [0.2, 0.25) is 0 Å². The lowest BCUT2D eigenvalue weighted by molar-refractivity contribution is -0.129. The molecule has 238 valence electrons. The van der Waals surface area contributed by atoms with E-state index in [4.69, 9.17) is 9.47 Å². The number of imide groups is 1. The molecular formula is C37H40N4O5. The van der Waals surface area contributed by atoms with Crippen molar-refractivity contribution < 1.29 is 23.9 Å². The Morgan fingerprint density at radius 3 is 2.26 bits per heavy atom. The van der Waals surface area contributed by atoms with Crippen LogP contribution >= 0.6 is 0 Å². The molecule has 4 aromatic rings. The minimum Gasteiger partial charge on any atom is -0.497 e. The summed E-state index contributed by atoms with van der Waals surface area (Å²) in [4.78, 5) is 48.1. The number of hydrogen-bond acceptors (Lipinski definition) is 6. The van der Waals surface area contributed by atoms with Gasteiger partial charge in [-0.05, 0) is 80.0 Å². The van der Waals surface area contributed by atoms with Gasteiger partial charge in [-0.3, -0.25) is 19.6 Å². The number of pyridine rings is 1. The summed E-state index contributed by atoms with van der Waals surface area (Å²) < 4.78 is 10.8. The largest absolute Gasteiger partial charge is 0.497 e. The lowest BCUT2D eigenvalue weighted by Gasteiger charge is -2.34. The van der Waals surface area contributed by atoms with Gasteiger partial charge in [0.2, 0.25) is 5.91 Å². The Balaban J connectivity index is 1.15. The number of urea groups is 1. The van der Waals surface area contributed by atoms with Crippen LogP contribution in [0.5, 0.6) is 5.75 Å². The van der Waals surface area contributed by atoms with Crippen molar-refractivity contribution in [3.8, 4) is 16.9 Å². The maximum Gasteiger partial charge on any atom is 0.410 e. The molecule has 0 unspecified atom stereocenters. The zero-order chi connectivity index (χ0) is 32.4. The predicted octanol–water partition coefficient (Wildman–Crippen LogP) is 7.38. The molecule has 0 atom stereocenters. The Bertz CT molecular complexity index is 1740. The van der Waals surface area contributed by atoms with E-state index in [1.165, 1.54) is 10.5 Å². The molecule has 2 saturated heterocycles. The third-order valence-electron chi connectivity index (χ3n) is 8.70. The predicted molar refractivity (Wildman–Crippen MR) is 178 cm³/mol. The van der Waals surface area contributed by atoms with Crippen molar-refractivity contribution in [3.05, 3.63) is 90.3 Å². The molecule has 2 fully saturated rings. The molecule has 6 rings (SSSR count). The van der Waals surface area contributed by atoms with E-state index in [-0.39, 0.29) is 31.0 Å². The van der Waals surface area contributed by atoms with Gasteiger partial charge in [-0.1, -0.05) is 48.5 Å². The zero-order valence-electron chi connectivity index (χ0n) is 26.9. The van der Waals surface area contributed by atoms with E-state index < -0.39 is 5.60 Å². The average Bonchev–Trinajstić information content (AvgIpc) is 3.06. The van der Waals surface area contributed by atoms with E-state index in [1.54, 1.807) is 23.1 Å². The third-order valence-corrected chi connectivity index (χ3v) is 8.70. The topological polar surface area (TPSA) is 92.3 Å². The standard InChI is InChI=1S/C37H40N4O5/c1-37(2,3)46-36(44)39-18-15-28(16-19-39)26-7-9-27(10-8-26)29-11-14-32-30(21-29)22-38-23-33(32)40-20-17-34(42)41(35(40)43)24-25-5-12-31(45-4)13-6-25/h5-14,21-23,28H,15-20,24H2,1-4H3. The number of methoxy groups -OCH3 is 1. The number of nitrogens with zero attached hydrogens (tertiary/aromatic N) is 4. The lowest BCUT2D eigenvalue weighted by atomic mass is 9.88. The number of carbonyl (C=O) groups is 3. The van der Waals surface area contributed by atoms with Crippen molar-refractivity contribution in [2.24, 2.45) is 0 Å². The van der Waals surface area contributed by atoms with E-state index in [2.05, 4.69) is 41.4 Å². The first-order valence-corrected chi connectivity index (χ1v) is 15.8. The number of likely N-dealkylation sites (tertiary alicyclic amines) is 1. The number of carbonyl (C=O) groups excluding carboxylic acids is 3. The highest BCUT2D eigenvalue weighted by molar-refractivity contribution is 6.10. The zero-order valence-corrected chi connectivity index (χ0v) is 26.9. The van der Waals surface area contributed by atoms with Crippen molar-refractivity contribution in [3.63, 3.8) is 0 Å². The minimum absolute atomic E-state index is 0.190. The van der Waals surface area contributed by atoms with Gasteiger partial charge >= 0.3 is 12.1 Å². The second-order valence-corrected chi connectivity index (χ2v) is 13.0. The fourth-order valence-electron chi connectivity index (χ4n) is 6.21. The summed E-state index contributed by atoms with van der Waals surface area (Å²) in [5, 5.41) is 1.82. The van der Waals surface area contributed by atoms with Crippen LogP contribution < -0.4 is 9.64 Å². The molecule has 4 amide bonds. The van der Waals surface area contributed by atoms with Gasteiger partial charge in [0.15, 0.2) is 0 Å². The number of ether oxygens (including phenoxy) is 2. The van der Waals surface area contributed by atoms with E-state index in [0.717, 1.165) is 46.1 Å². The second kappa shape index (κ2) is 12.8. The van der Waals surface area contributed by atoms with Crippen LogP contribution in [-0.4, -0.2) is 65.2 Å². The van der Waals surface area contributed by atoms with E-state index in [0.29, 0.717) is 31.2 Å². The number of fused-ring (bicyclic) bond motifs is 1. The minimum atomic E-state index is -0.491. The number of anilines is 1. The molecule has 9 nitrogen and oxygen atoms in total. The van der Waals surface area contributed by atoms with Crippen LogP contribution in [0.3, 0.4) is 0 Å². The molecule has 1 aromatic heterocycles. The summed E-state index contributed by atoms with van der Waals surface area (Å²) in [5.41, 5.74) is 4.47. The van der Waals surface area contributed by atoms with Crippen molar-refractivity contribution in [1.29, 1.82) is 0 Å². The Kier molecular flexibility index (Phi) is 8.67. The average molecular weight is 621 g/mol. The lowest BCUT2D eigenvalue weighted by Crippen LogP contribution is -2.52. The number of rotatable bonds is 6. The monoisotopic (exact) mass is 620 g/mol. The molecule has 2 aliphatic heterocycles. The third kappa shape index (κ3) is 6.68. The van der Waals surface area contributed by atoms with E-state index in [9.17, 15) is 14.4 Å². The Labute approximate surface area is 269 Å². The SMILES string of the molecule is COc1ccc(CN2C(=O)CCN(c3cncc4cc(-c5ccc(C6CCN(C(=O)OC(C)(C)C)CC6)cc5)ccc34)C2=O)cc1. The molecule has 3 aromatic carbocycles. The molecule has 0 bridgehead atoms. The molecule has 9 heteroatoms. The summed E-state index contributed by atoms with van der Waals surface area (Å²) in [6.45, 7) is 7.55. The van der Waals surface area contributed by atoms with Crippen molar-refractivity contribution in [2.45, 2.75) is 58.1 Å². The van der Waals surface area contributed by atoms with Crippen LogP contribution in [0.25, 0.3) is 21.9 Å². The molecule has 3 heterocycles. The molecule has 0 aliphatic carbocycles. The fourth-order valence-corrected chi connectivity index (χ4v) is 6.21. The maximum absolute atomic E-state index is 13.6. The van der Waals surface area contributed by atoms with Gasteiger partial charge < -0.3 is 14.4 Å². The maximum atomic E-state index is 13.6. The van der Waals surface area contributed by atoms with Gasteiger partial charge in [0.05, 0.1) is 25.5 Å².